The van der Waals surface area contributed by atoms with E-state index in [4.69, 9.17) is 18.9 Å². The lowest BCUT2D eigenvalue weighted by atomic mass is 9.98. The molecule has 182 valence electrons. The summed E-state index contributed by atoms with van der Waals surface area (Å²) in [6.07, 6.45) is 5.94. The zero-order valence-electron chi connectivity index (χ0n) is 20.5. The number of carbonyl (C=O) groups is 1. The number of esters is 1. The van der Waals surface area contributed by atoms with E-state index in [1.54, 1.807) is 13.3 Å². The summed E-state index contributed by atoms with van der Waals surface area (Å²) in [4.78, 5) is 25.3. The van der Waals surface area contributed by atoms with E-state index in [1.165, 1.54) is 5.56 Å². The van der Waals surface area contributed by atoms with Gasteiger partial charge in [0.1, 0.15) is 18.7 Å². The van der Waals surface area contributed by atoms with Crippen molar-refractivity contribution in [2.45, 2.75) is 40.0 Å². The zero-order valence-corrected chi connectivity index (χ0v) is 20.5. The van der Waals surface area contributed by atoms with E-state index in [-0.39, 0.29) is 18.5 Å². The van der Waals surface area contributed by atoms with E-state index in [1.807, 2.05) is 42.6 Å². The highest BCUT2D eigenvalue weighted by atomic mass is 16.6. The second kappa shape index (κ2) is 11.7. The molecule has 0 saturated carbocycles. The molecule has 0 unspecified atom stereocenters. The zero-order chi connectivity index (χ0) is 24.6. The number of pyridine rings is 1. The molecule has 0 N–H and O–H groups in total. The van der Waals surface area contributed by atoms with Crippen LogP contribution in [0.1, 0.15) is 38.4 Å². The van der Waals surface area contributed by atoms with Crippen LogP contribution in [-0.2, 0) is 27.1 Å². The molecule has 0 spiro atoms. The minimum absolute atomic E-state index is 0.0261. The Hall–Kier alpha value is -3.58. The monoisotopic (exact) mass is 473 g/mol. The topological polar surface area (TPSA) is 87.3 Å². The summed E-state index contributed by atoms with van der Waals surface area (Å²) in [5.74, 6) is 0.639. The van der Waals surface area contributed by atoms with Gasteiger partial charge < -0.3 is 13.9 Å². The predicted molar refractivity (Wildman–Crippen MR) is 135 cm³/mol. The number of ether oxygens (including phenoxy) is 2. The van der Waals surface area contributed by atoms with Gasteiger partial charge in [-0.15, -0.1) is 0 Å². The first-order chi connectivity index (χ1) is 17.1. The molecule has 0 amide bonds. The fourth-order valence-electron chi connectivity index (χ4n) is 4.01. The third kappa shape index (κ3) is 5.92. The fourth-order valence-corrected chi connectivity index (χ4v) is 4.01. The minimum atomic E-state index is -0.338. The number of furan rings is 1. The van der Waals surface area contributed by atoms with Crippen LogP contribution in [0.4, 0.5) is 0 Å². The maximum Gasteiger partial charge on any atom is 0.332 e. The van der Waals surface area contributed by atoms with Gasteiger partial charge in [-0.05, 0) is 43.7 Å². The average Bonchev–Trinajstić information content (AvgIpc) is 3.28. The van der Waals surface area contributed by atoms with Gasteiger partial charge in [0.2, 0.25) is 5.71 Å². The second-order valence-corrected chi connectivity index (χ2v) is 8.54. The molecular weight excluding hydrogens is 442 g/mol. The van der Waals surface area contributed by atoms with E-state index in [2.05, 4.69) is 29.9 Å². The number of aryl methyl sites for hydroxylation is 2. The van der Waals surface area contributed by atoms with Crippen molar-refractivity contribution >= 4 is 17.1 Å². The maximum absolute atomic E-state index is 11.5. The van der Waals surface area contributed by atoms with Crippen LogP contribution in [0, 0.1) is 5.92 Å². The third-order valence-electron chi connectivity index (χ3n) is 5.89. The average molecular weight is 474 g/mol. The van der Waals surface area contributed by atoms with Crippen LogP contribution in [0.5, 0.6) is 0 Å². The summed E-state index contributed by atoms with van der Waals surface area (Å²) >= 11 is 0. The minimum Gasteiger partial charge on any atom is -0.464 e. The number of rotatable bonds is 11. The van der Waals surface area contributed by atoms with Crippen LogP contribution < -0.4 is 0 Å². The molecule has 7 heteroatoms. The molecule has 4 rings (SSSR count). The molecule has 1 aromatic carbocycles. The normalized spacial score (nSPS) is 12.1. The third-order valence-corrected chi connectivity index (χ3v) is 5.89. The van der Waals surface area contributed by atoms with Gasteiger partial charge in [-0.25, -0.2) is 14.8 Å². The first kappa shape index (κ1) is 24.5. The van der Waals surface area contributed by atoms with E-state index < -0.39 is 0 Å². The summed E-state index contributed by atoms with van der Waals surface area (Å²) in [5, 5.41) is 0.891. The first-order valence-electron chi connectivity index (χ1n) is 12.1. The summed E-state index contributed by atoms with van der Waals surface area (Å²) in [5.41, 5.74) is 5.35. The van der Waals surface area contributed by atoms with Crippen molar-refractivity contribution in [1.82, 2.24) is 15.0 Å². The van der Waals surface area contributed by atoms with Crippen molar-refractivity contribution in [2.24, 2.45) is 5.92 Å². The van der Waals surface area contributed by atoms with Crippen molar-refractivity contribution in [2.75, 3.05) is 19.8 Å². The van der Waals surface area contributed by atoms with Crippen molar-refractivity contribution in [1.29, 1.82) is 0 Å². The van der Waals surface area contributed by atoms with Gasteiger partial charge in [-0.2, -0.15) is 0 Å². The predicted octanol–water partition coefficient (Wildman–Crippen LogP) is 5.66. The van der Waals surface area contributed by atoms with Gasteiger partial charge in [0.15, 0.2) is 0 Å². The molecule has 0 radical (unpaired) electrons. The molecule has 0 bridgehead atoms. The molecule has 0 saturated heterocycles. The summed E-state index contributed by atoms with van der Waals surface area (Å²) in [6, 6.07) is 14.2. The van der Waals surface area contributed by atoms with Crippen LogP contribution in [0.25, 0.3) is 33.7 Å². The number of hydrogen-bond acceptors (Lipinski definition) is 7. The Bertz CT molecular complexity index is 1250. The number of benzene rings is 1. The standard InChI is InChI=1S/C28H31N3O4/c1-4-20-12-14-22(29-15-20)25-26-23(13-11-19(3)16-33-17-24(32)34-5-2)30-18-31-28(26)35-27(25)21-9-7-6-8-10-21/h6-10,12,14-15,18-19H,4-5,11,13,16-17H2,1-3H3/t19-/m0/s1. The SMILES string of the molecule is CCOC(=O)COC[C@@H](C)CCc1ncnc2oc(-c3ccccc3)c(-c3ccc(CC)cn3)c12. The highest BCUT2D eigenvalue weighted by Gasteiger charge is 2.23. The number of hydrogen-bond donors (Lipinski definition) is 0. The Morgan fingerprint density at radius 1 is 1.06 bits per heavy atom. The van der Waals surface area contributed by atoms with Gasteiger partial charge >= 0.3 is 5.97 Å². The molecule has 4 aromatic rings. The lowest BCUT2D eigenvalue weighted by Gasteiger charge is -2.12. The van der Waals surface area contributed by atoms with E-state index >= 15 is 0 Å². The van der Waals surface area contributed by atoms with E-state index in [0.29, 0.717) is 18.9 Å². The number of carbonyl (C=O) groups excluding carboxylic acids is 1. The number of fused-ring (bicyclic) bond motifs is 1. The summed E-state index contributed by atoms with van der Waals surface area (Å²) in [6.45, 7) is 6.80. The molecule has 3 heterocycles. The van der Waals surface area contributed by atoms with Gasteiger partial charge in [-0.1, -0.05) is 50.2 Å². The highest BCUT2D eigenvalue weighted by Crippen LogP contribution is 2.40. The lowest BCUT2D eigenvalue weighted by Crippen LogP contribution is -2.16. The largest absolute Gasteiger partial charge is 0.464 e. The summed E-state index contributed by atoms with van der Waals surface area (Å²) in [7, 11) is 0. The quantitative estimate of drug-likeness (QED) is 0.260. The molecule has 0 aliphatic heterocycles. The smallest absolute Gasteiger partial charge is 0.332 e. The fraction of sp³-hybridized carbons (Fsp3) is 0.357. The highest BCUT2D eigenvalue weighted by molar-refractivity contribution is 6.00. The van der Waals surface area contributed by atoms with Crippen LogP contribution in [-0.4, -0.2) is 40.7 Å². The van der Waals surface area contributed by atoms with E-state index in [9.17, 15) is 4.79 Å². The molecule has 0 fully saturated rings. The Labute approximate surface area is 205 Å². The Kier molecular flexibility index (Phi) is 8.21. The van der Waals surface area contributed by atoms with E-state index in [0.717, 1.165) is 52.9 Å². The van der Waals surface area contributed by atoms with Crippen LogP contribution >= 0.6 is 0 Å². The Morgan fingerprint density at radius 2 is 1.89 bits per heavy atom. The van der Waals surface area contributed by atoms with Gasteiger partial charge in [0.25, 0.3) is 0 Å². The maximum atomic E-state index is 11.5. The van der Waals surface area contributed by atoms with Crippen molar-refractivity contribution in [3.05, 3.63) is 66.2 Å². The van der Waals surface area contributed by atoms with Crippen molar-refractivity contribution in [3.8, 4) is 22.6 Å². The number of nitrogens with zero attached hydrogens (tertiary/aromatic N) is 3. The van der Waals surface area contributed by atoms with Crippen molar-refractivity contribution in [3.63, 3.8) is 0 Å². The van der Waals surface area contributed by atoms with Crippen LogP contribution in [0.15, 0.2) is 59.4 Å². The number of aromatic nitrogens is 3. The Balaban J connectivity index is 1.63. The van der Waals surface area contributed by atoms with Gasteiger partial charge in [-0.3, -0.25) is 4.98 Å². The molecule has 7 nitrogen and oxygen atoms in total. The first-order valence-corrected chi connectivity index (χ1v) is 12.1. The molecular formula is C28H31N3O4. The van der Waals surface area contributed by atoms with Gasteiger partial charge in [0.05, 0.1) is 28.9 Å². The van der Waals surface area contributed by atoms with Crippen LogP contribution in [0.2, 0.25) is 0 Å². The lowest BCUT2D eigenvalue weighted by molar-refractivity contribution is -0.148. The molecule has 0 aliphatic carbocycles. The van der Waals surface area contributed by atoms with Crippen molar-refractivity contribution < 1.29 is 18.7 Å². The molecule has 35 heavy (non-hydrogen) atoms. The molecule has 0 aliphatic rings. The Morgan fingerprint density at radius 3 is 2.60 bits per heavy atom. The molecule has 3 aromatic heterocycles. The molecule has 1 atom stereocenters. The summed E-state index contributed by atoms with van der Waals surface area (Å²) < 4.78 is 16.7. The van der Waals surface area contributed by atoms with Crippen LogP contribution in [0.3, 0.4) is 0 Å². The van der Waals surface area contributed by atoms with Gasteiger partial charge in [0, 0.05) is 18.4 Å². The second-order valence-electron chi connectivity index (χ2n) is 8.54.